The quantitative estimate of drug-likeness (QED) is 0.304. The summed E-state index contributed by atoms with van der Waals surface area (Å²) in [5.74, 6) is -0.788. The van der Waals surface area contributed by atoms with Crippen molar-refractivity contribution in [3.63, 3.8) is 0 Å². The number of amides is 2. The molecule has 0 aliphatic heterocycles. The number of ether oxygens (including phenoxy) is 1. The van der Waals surface area contributed by atoms with Crippen LogP contribution in [0, 0.1) is 0 Å². The van der Waals surface area contributed by atoms with E-state index in [4.69, 9.17) is 4.74 Å². The second kappa shape index (κ2) is 12.9. The second-order valence-electron chi connectivity index (χ2n) is 8.56. The normalized spacial score (nSPS) is 12.3. The smallest absolute Gasteiger partial charge is 0.314 e. The van der Waals surface area contributed by atoms with Crippen molar-refractivity contribution < 1.29 is 14.3 Å². The second-order valence-corrected chi connectivity index (χ2v) is 8.56. The summed E-state index contributed by atoms with van der Waals surface area (Å²) in [5.41, 5.74) is 3.75. The molecule has 2 N–H and O–H groups in total. The van der Waals surface area contributed by atoms with Gasteiger partial charge in [-0.1, -0.05) is 70.1 Å². The van der Waals surface area contributed by atoms with Crippen molar-refractivity contribution in [2.45, 2.75) is 77.6 Å². The summed E-state index contributed by atoms with van der Waals surface area (Å²) in [6, 6.07) is 13.1. The molecule has 32 heavy (non-hydrogen) atoms. The largest absolute Gasteiger partial charge is 0.491 e. The third-order valence-corrected chi connectivity index (χ3v) is 5.95. The molecule has 0 spiro atoms. The molecule has 0 atom stereocenters. The third-order valence-electron chi connectivity index (χ3n) is 5.95. The van der Waals surface area contributed by atoms with Crippen LogP contribution < -0.4 is 15.4 Å². The Morgan fingerprint density at radius 1 is 0.812 bits per heavy atom. The minimum atomic E-state index is -0.700. The molecule has 1 aliphatic carbocycles. The van der Waals surface area contributed by atoms with Crippen LogP contribution in [0.5, 0.6) is 5.75 Å². The summed E-state index contributed by atoms with van der Waals surface area (Å²) >= 11 is 0. The van der Waals surface area contributed by atoms with Crippen molar-refractivity contribution in [3.8, 4) is 5.75 Å². The van der Waals surface area contributed by atoms with Gasteiger partial charge in [-0.05, 0) is 61.1 Å². The monoisotopic (exact) mass is 436 g/mol. The molecule has 0 heterocycles. The molecule has 5 nitrogen and oxygen atoms in total. The third kappa shape index (κ3) is 7.40. The summed E-state index contributed by atoms with van der Waals surface area (Å²) in [6.07, 6.45) is 13.1. The van der Waals surface area contributed by atoms with E-state index in [2.05, 4.69) is 17.6 Å². The lowest BCUT2D eigenvalue weighted by Crippen LogP contribution is -2.29. The Morgan fingerprint density at radius 3 is 2.31 bits per heavy atom. The molecular formula is C27H36N2O3. The average molecular weight is 437 g/mol. The lowest BCUT2D eigenvalue weighted by Gasteiger charge is -2.13. The van der Waals surface area contributed by atoms with Gasteiger partial charge in [-0.25, -0.2) is 0 Å². The van der Waals surface area contributed by atoms with Crippen LogP contribution in [0.2, 0.25) is 0 Å². The highest BCUT2D eigenvalue weighted by Crippen LogP contribution is 2.26. The molecule has 0 bridgehead atoms. The Hall–Kier alpha value is -2.82. The van der Waals surface area contributed by atoms with Crippen molar-refractivity contribution in [1.82, 2.24) is 0 Å². The Balaban J connectivity index is 1.42. The number of nitrogens with one attached hydrogen (secondary N) is 2. The molecule has 0 saturated heterocycles. The highest BCUT2D eigenvalue weighted by atomic mass is 16.5. The standard InChI is InChI=1S/C27H36N2O3/c1-2-3-4-5-6-7-8-11-19-32-25-16-10-9-15-24(25)29-27(31)26(30)28-23-18-17-21-13-12-14-22(21)20-23/h9-10,15-18,20H,2-8,11-14,19H2,1H3,(H,28,30)(H,29,31). The maximum absolute atomic E-state index is 12.4. The molecule has 2 amide bonds. The SMILES string of the molecule is CCCCCCCCCCOc1ccccc1NC(=O)C(=O)Nc1ccc2c(c1)CCC2. The minimum absolute atomic E-state index is 0.515. The van der Waals surface area contributed by atoms with Gasteiger partial charge in [-0.3, -0.25) is 9.59 Å². The van der Waals surface area contributed by atoms with Gasteiger partial charge in [-0.15, -0.1) is 0 Å². The molecule has 0 radical (unpaired) electrons. The maximum Gasteiger partial charge on any atom is 0.314 e. The number of unbranched alkanes of at least 4 members (excludes halogenated alkanes) is 7. The van der Waals surface area contributed by atoms with Gasteiger partial charge >= 0.3 is 11.8 Å². The van der Waals surface area contributed by atoms with Gasteiger partial charge in [0, 0.05) is 5.69 Å². The van der Waals surface area contributed by atoms with E-state index >= 15 is 0 Å². The van der Waals surface area contributed by atoms with Gasteiger partial charge < -0.3 is 15.4 Å². The van der Waals surface area contributed by atoms with Crippen LogP contribution in [0.3, 0.4) is 0 Å². The summed E-state index contributed by atoms with van der Waals surface area (Å²) < 4.78 is 5.89. The van der Waals surface area contributed by atoms with Gasteiger partial charge in [0.1, 0.15) is 5.75 Å². The predicted molar refractivity (Wildman–Crippen MR) is 130 cm³/mol. The van der Waals surface area contributed by atoms with Gasteiger partial charge in [-0.2, -0.15) is 0 Å². The van der Waals surface area contributed by atoms with E-state index < -0.39 is 11.8 Å². The van der Waals surface area contributed by atoms with E-state index in [9.17, 15) is 9.59 Å². The first-order valence-corrected chi connectivity index (χ1v) is 12.1. The number of benzene rings is 2. The lowest BCUT2D eigenvalue weighted by molar-refractivity contribution is -0.133. The number of rotatable bonds is 12. The fourth-order valence-corrected chi connectivity index (χ4v) is 4.13. The fraction of sp³-hybridized carbons (Fsp3) is 0.481. The number of para-hydroxylation sites is 2. The van der Waals surface area contributed by atoms with Crippen LogP contribution in [-0.4, -0.2) is 18.4 Å². The Labute approximate surface area is 191 Å². The van der Waals surface area contributed by atoms with Crippen molar-refractivity contribution in [2.24, 2.45) is 0 Å². The number of anilines is 2. The van der Waals surface area contributed by atoms with Crippen molar-refractivity contribution in [2.75, 3.05) is 17.2 Å². The first-order chi connectivity index (χ1) is 15.7. The van der Waals surface area contributed by atoms with E-state index in [1.807, 2.05) is 36.4 Å². The molecule has 3 rings (SSSR count). The fourth-order valence-electron chi connectivity index (χ4n) is 4.13. The first-order valence-electron chi connectivity index (χ1n) is 12.1. The van der Waals surface area contributed by atoms with Crippen molar-refractivity contribution >= 4 is 23.2 Å². The molecule has 172 valence electrons. The Morgan fingerprint density at radius 2 is 1.50 bits per heavy atom. The van der Waals surface area contributed by atoms with E-state index in [-0.39, 0.29) is 0 Å². The van der Waals surface area contributed by atoms with Crippen LogP contribution in [0.25, 0.3) is 0 Å². The lowest BCUT2D eigenvalue weighted by atomic mass is 10.1. The molecular weight excluding hydrogens is 400 g/mol. The van der Waals surface area contributed by atoms with Gasteiger partial charge in [0.25, 0.3) is 0 Å². The van der Waals surface area contributed by atoms with Gasteiger partial charge in [0.2, 0.25) is 0 Å². The van der Waals surface area contributed by atoms with E-state index in [0.717, 1.165) is 32.1 Å². The minimum Gasteiger partial charge on any atom is -0.491 e. The maximum atomic E-state index is 12.4. The van der Waals surface area contributed by atoms with Crippen molar-refractivity contribution in [3.05, 3.63) is 53.6 Å². The number of fused-ring (bicyclic) bond motifs is 1. The van der Waals surface area contributed by atoms with E-state index in [1.165, 1.54) is 49.7 Å². The number of carbonyl (C=O) groups excluding carboxylic acids is 2. The number of hydrogen-bond donors (Lipinski definition) is 2. The summed E-state index contributed by atoms with van der Waals surface area (Å²) in [5, 5.41) is 5.39. The van der Waals surface area contributed by atoms with E-state index in [0.29, 0.717) is 23.7 Å². The molecule has 0 aromatic heterocycles. The molecule has 2 aromatic rings. The van der Waals surface area contributed by atoms with Gasteiger partial charge in [0.05, 0.1) is 12.3 Å². The highest BCUT2D eigenvalue weighted by molar-refractivity contribution is 6.43. The zero-order valence-electron chi connectivity index (χ0n) is 19.3. The van der Waals surface area contributed by atoms with Crippen molar-refractivity contribution in [1.29, 1.82) is 0 Å². The van der Waals surface area contributed by atoms with E-state index in [1.54, 1.807) is 6.07 Å². The number of hydrogen-bond acceptors (Lipinski definition) is 3. The summed E-state index contributed by atoms with van der Waals surface area (Å²) in [6.45, 7) is 2.83. The zero-order valence-corrected chi connectivity index (χ0v) is 19.3. The summed E-state index contributed by atoms with van der Waals surface area (Å²) in [4.78, 5) is 24.8. The average Bonchev–Trinajstić information content (AvgIpc) is 3.27. The number of carbonyl (C=O) groups is 2. The molecule has 0 unspecified atom stereocenters. The molecule has 0 fully saturated rings. The van der Waals surface area contributed by atoms with Gasteiger partial charge in [0.15, 0.2) is 0 Å². The molecule has 2 aromatic carbocycles. The highest BCUT2D eigenvalue weighted by Gasteiger charge is 2.17. The molecule has 0 saturated carbocycles. The topological polar surface area (TPSA) is 67.4 Å². The predicted octanol–water partition coefficient (Wildman–Crippen LogP) is 6.27. The van der Waals surface area contributed by atoms with Crippen LogP contribution in [0.15, 0.2) is 42.5 Å². The number of aryl methyl sites for hydroxylation is 2. The Kier molecular flexibility index (Phi) is 9.60. The van der Waals surface area contributed by atoms with Crippen LogP contribution in [-0.2, 0) is 22.4 Å². The molecule has 5 heteroatoms. The van der Waals surface area contributed by atoms with Crippen LogP contribution in [0.4, 0.5) is 11.4 Å². The Bertz CT molecular complexity index is 894. The first kappa shape index (κ1) is 23.8. The zero-order chi connectivity index (χ0) is 22.6. The summed E-state index contributed by atoms with van der Waals surface area (Å²) in [7, 11) is 0. The molecule has 1 aliphatic rings. The van der Waals surface area contributed by atoms with Crippen LogP contribution in [0.1, 0.15) is 75.8 Å². The van der Waals surface area contributed by atoms with Crippen LogP contribution >= 0.6 is 0 Å².